The Hall–Kier alpha value is -1.07. The number of ether oxygens (including phenoxy) is 3. The maximum Gasteiger partial charge on any atom is 0.341 e. The van der Waals surface area contributed by atoms with Crippen molar-refractivity contribution in [3.8, 4) is 5.75 Å². The van der Waals surface area contributed by atoms with E-state index in [0.29, 0.717) is 17.9 Å². The maximum atomic E-state index is 11.7. The molecule has 0 N–H and O–H groups in total. The van der Waals surface area contributed by atoms with E-state index in [1.807, 2.05) is 0 Å². The average molecular weight is 303 g/mol. The molecule has 1 rings (SSSR count). The Balaban J connectivity index is 2.99. The van der Waals surface area contributed by atoms with E-state index < -0.39 is 12.3 Å². The van der Waals surface area contributed by atoms with Crippen molar-refractivity contribution in [2.45, 2.75) is 20.1 Å². The molecule has 1 unspecified atom stereocenters. The van der Waals surface area contributed by atoms with Gasteiger partial charge in [-0.25, -0.2) is 4.79 Å². The molecule has 1 aromatic carbocycles. The van der Waals surface area contributed by atoms with Crippen molar-refractivity contribution < 1.29 is 19.0 Å². The summed E-state index contributed by atoms with van der Waals surface area (Å²) in [5, 5.41) is 0. The van der Waals surface area contributed by atoms with Crippen LogP contribution < -0.4 is 4.74 Å². The molecule has 0 aliphatic rings. The minimum Gasteiger partial charge on any atom is -0.464 e. The lowest BCUT2D eigenvalue weighted by molar-refractivity contribution is -0.0389. The van der Waals surface area contributed by atoms with Crippen LogP contribution in [-0.2, 0) is 9.47 Å². The molecule has 0 amide bonds. The molecular weight excluding hydrogens is 288 g/mol. The van der Waals surface area contributed by atoms with Gasteiger partial charge in [0.15, 0.2) is 6.29 Å². The van der Waals surface area contributed by atoms with Gasteiger partial charge in [0.2, 0.25) is 0 Å². The molecule has 5 heteroatoms. The Morgan fingerprint density at radius 2 is 2.18 bits per heavy atom. The van der Waals surface area contributed by atoms with Gasteiger partial charge in [-0.1, -0.05) is 15.9 Å². The predicted molar refractivity (Wildman–Crippen MR) is 67.2 cm³/mol. The van der Waals surface area contributed by atoms with E-state index in [0.717, 1.165) is 4.47 Å². The number of esters is 1. The summed E-state index contributed by atoms with van der Waals surface area (Å²) in [4.78, 5) is 11.7. The molecule has 0 saturated carbocycles. The first-order valence-corrected chi connectivity index (χ1v) is 6.04. The number of rotatable bonds is 5. The van der Waals surface area contributed by atoms with Gasteiger partial charge in [0.05, 0.1) is 6.61 Å². The van der Waals surface area contributed by atoms with Gasteiger partial charge in [0.25, 0.3) is 0 Å². The molecular formula is C12H15BrO4. The van der Waals surface area contributed by atoms with E-state index in [1.54, 1.807) is 32.0 Å². The van der Waals surface area contributed by atoms with Crippen LogP contribution in [0.5, 0.6) is 5.75 Å². The molecule has 94 valence electrons. The number of halogens is 1. The molecule has 4 nitrogen and oxygen atoms in total. The molecule has 0 heterocycles. The van der Waals surface area contributed by atoms with Gasteiger partial charge in [0, 0.05) is 11.6 Å². The lowest BCUT2D eigenvalue weighted by Crippen LogP contribution is -2.16. The zero-order chi connectivity index (χ0) is 12.8. The van der Waals surface area contributed by atoms with E-state index in [4.69, 9.17) is 14.2 Å². The second-order valence-corrected chi connectivity index (χ2v) is 4.20. The summed E-state index contributed by atoms with van der Waals surface area (Å²) in [6.45, 7) is 3.83. The number of carbonyl (C=O) groups is 1. The summed E-state index contributed by atoms with van der Waals surface area (Å²) in [7, 11) is 1.53. The van der Waals surface area contributed by atoms with Crippen molar-refractivity contribution in [2.24, 2.45) is 0 Å². The van der Waals surface area contributed by atoms with Gasteiger partial charge in [-0.15, -0.1) is 0 Å². The van der Waals surface area contributed by atoms with Crippen LogP contribution in [0.1, 0.15) is 24.2 Å². The second kappa shape index (κ2) is 6.61. The van der Waals surface area contributed by atoms with E-state index in [2.05, 4.69) is 15.9 Å². The van der Waals surface area contributed by atoms with Crippen LogP contribution in [0.3, 0.4) is 0 Å². The van der Waals surface area contributed by atoms with Crippen LogP contribution in [0.25, 0.3) is 0 Å². The lowest BCUT2D eigenvalue weighted by atomic mass is 10.2. The zero-order valence-electron chi connectivity index (χ0n) is 10.0. The van der Waals surface area contributed by atoms with Crippen molar-refractivity contribution in [1.82, 2.24) is 0 Å². The first kappa shape index (κ1) is 14.0. The summed E-state index contributed by atoms with van der Waals surface area (Å²) in [5.41, 5.74) is 0.388. The molecule has 17 heavy (non-hydrogen) atoms. The standard InChI is InChI=1S/C12H15BrO4/c1-4-16-12(14)10-6-5-9(13)7-11(10)17-8(2)15-3/h5-8H,4H2,1-3H3. The summed E-state index contributed by atoms with van der Waals surface area (Å²) in [5.74, 6) is 0.0329. The second-order valence-electron chi connectivity index (χ2n) is 3.28. The van der Waals surface area contributed by atoms with Crippen LogP contribution in [0, 0.1) is 0 Å². The van der Waals surface area contributed by atoms with Crippen molar-refractivity contribution in [1.29, 1.82) is 0 Å². The Morgan fingerprint density at radius 1 is 1.47 bits per heavy atom. The van der Waals surface area contributed by atoms with E-state index in [1.165, 1.54) is 7.11 Å². The highest BCUT2D eigenvalue weighted by molar-refractivity contribution is 9.10. The quantitative estimate of drug-likeness (QED) is 0.619. The summed E-state index contributed by atoms with van der Waals surface area (Å²) in [6.07, 6.45) is -0.433. The summed E-state index contributed by atoms with van der Waals surface area (Å²) >= 11 is 3.32. The third-order valence-corrected chi connectivity index (χ3v) is 2.56. The van der Waals surface area contributed by atoms with Crippen molar-refractivity contribution in [3.63, 3.8) is 0 Å². The molecule has 0 aromatic heterocycles. The third-order valence-electron chi connectivity index (χ3n) is 2.06. The van der Waals surface area contributed by atoms with Crippen molar-refractivity contribution >= 4 is 21.9 Å². The van der Waals surface area contributed by atoms with Gasteiger partial charge in [-0.3, -0.25) is 0 Å². The summed E-state index contributed by atoms with van der Waals surface area (Å²) < 4.78 is 16.3. The summed E-state index contributed by atoms with van der Waals surface area (Å²) in [6, 6.07) is 5.12. The highest BCUT2D eigenvalue weighted by Crippen LogP contribution is 2.25. The minimum atomic E-state index is -0.433. The van der Waals surface area contributed by atoms with Crippen LogP contribution in [0.4, 0.5) is 0 Å². The van der Waals surface area contributed by atoms with Gasteiger partial charge in [0.1, 0.15) is 11.3 Å². The number of hydrogen-bond donors (Lipinski definition) is 0. The smallest absolute Gasteiger partial charge is 0.341 e. The van der Waals surface area contributed by atoms with Gasteiger partial charge in [-0.05, 0) is 32.0 Å². The van der Waals surface area contributed by atoms with Crippen molar-refractivity contribution in [3.05, 3.63) is 28.2 Å². The third kappa shape index (κ3) is 4.02. The highest BCUT2D eigenvalue weighted by atomic mass is 79.9. The minimum absolute atomic E-state index is 0.328. The predicted octanol–water partition coefficient (Wildman–Crippen LogP) is 3.00. The van der Waals surface area contributed by atoms with E-state index in [9.17, 15) is 4.79 Å². The van der Waals surface area contributed by atoms with Crippen LogP contribution in [0.2, 0.25) is 0 Å². The molecule has 0 radical (unpaired) electrons. The fraction of sp³-hybridized carbons (Fsp3) is 0.417. The molecule has 0 saturated heterocycles. The van der Waals surface area contributed by atoms with E-state index in [-0.39, 0.29) is 0 Å². The number of carbonyl (C=O) groups excluding carboxylic acids is 1. The Bertz CT molecular complexity index is 392. The Labute approximate surface area is 109 Å². The largest absolute Gasteiger partial charge is 0.464 e. The monoisotopic (exact) mass is 302 g/mol. The molecule has 0 aliphatic carbocycles. The number of hydrogen-bond acceptors (Lipinski definition) is 4. The normalized spacial score (nSPS) is 12.0. The lowest BCUT2D eigenvalue weighted by Gasteiger charge is -2.15. The molecule has 0 bridgehead atoms. The zero-order valence-corrected chi connectivity index (χ0v) is 11.6. The fourth-order valence-electron chi connectivity index (χ4n) is 1.20. The van der Waals surface area contributed by atoms with Gasteiger partial charge < -0.3 is 14.2 Å². The van der Waals surface area contributed by atoms with Crippen molar-refractivity contribution in [2.75, 3.05) is 13.7 Å². The molecule has 0 fully saturated rings. The van der Waals surface area contributed by atoms with Gasteiger partial charge >= 0.3 is 5.97 Å². The topological polar surface area (TPSA) is 44.8 Å². The SMILES string of the molecule is CCOC(=O)c1ccc(Br)cc1OC(C)OC. The van der Waals surface area contributed by atoms with E-state index >= 15 is 0 Å². The average Bonchev–Trinajstić information content (AvgIpc) is 2.29. The molecule has 0 aliphatic heterocycles. The van der Waals surface area contributed by atoms with Crippen LogP contribution in [-0.4, -0.2) is 26.0 Å². The molecule has 1 aromatic rings. The molecule has 0 spiro atoms. The Morgan fingerprint density at radius 3 is 2.76 bits per heavy atom. The fourth-order valence-corrected chi connectivity index (χ4v) is 1.54. The number of methoxy groups -OCH3 is 1. The van der Waals surface area contributed by atoms with Crippen LogP contribution >= 0.6 is 15.9 Å². The Kier molecular flexibility index (Phi) is 5.44. The van der Waals surface area contributed by atoms with Gasteiger partial charge in [-0.2, -0.15) is 0 Å². The first-order valence-electron chi connectivity index (χ1n) is 5.24. The molecule has 1 atom stereocenters. The number of benzene rings is 1. The highest BCUT2D eigenvalue weighted by Gasteiger charge is 2.15. The first-order chi connectivity index (χ1) is 8.08. The van der Waals surface area contributed by atoms with Crippen LogP contribution in [0.15, 0.2) is 22.7 Å². The maximum absolute atomic E-state index is 11.7.